The Kier molecular flexibility index (Phi) is 9.93. The van der Waals surface area contributed by atoms with Crippen molar-refractivity contribution < 1.29 is 24.5 Å². The van der Waals surface area contributed by atoms with Crippen molar-refractivity contribution in [2.24, 2.45) is 5.92 Å². The van der Waals surface area contributed by atoms with Gasteiger partial charge in [0.15, 0.2) is 0 Å². The number of aliphatic carboxylic acids is 1. The summed E-state index contributed by atoms with van der Waals surface area (Å²) in [5, 5.41) is 18.7. The molecule has 0 amide bonds. The van der Waals surface area contributed by atoms with Gasteiger partial charge in [-0.1, -0.05) is 78.7 Å². The Bertz CT molecular complexity index is 1150. The lowest BCUT2D eigenvalue weighted by Crippen LogP contribution is -2.04. The Hall–Kier alpha value is -3.57. The van der Waals surface area contributed by atoms with Crippen molar-refractivity contribution in [3.8, 4) is 5.75 Å². The molecular weight excluding hydrogens is 464 g/mol. The lowest BCUT2D eigenvalue weighted by molar-refractivity contribution is -0.137. The van der Waals surface area contributed by atoms with E-state index in [-0.39, 0.29) is 17.9 Å². The third-order valence-corrected chi connectivity index (χ3v) is 6.09. The highest BCUT2D eigenvalue weighted by Crippen LogP contribution is 2.25. The van der Waals surface area contributed by atoms with E-state index >= 15 is 0 Å². The topological polar surface area (TPSA) is 83.8 Å². The van der Waals surface area contributed by atoms with Crippen LogP contribution in [0.5, 0.6) is 5.75 Å². The number of aromatic carboxylic acids is 1. The summed E-state index contributed by atoms with van der Waals surface area (Å²) in [4.78, 5) is 22.0. The van der Waals surface area contributed by atoms with Crippen molar-refractivity contribution in [2.45, 2.75) is 38.7 Å². The molecule has 0 spiro atoms. The fraction of sp³-hybridized carbons (Fsp3) is 0.241. The van der Waals surface area contributed by atoms with E-state index in [4.69, 9.17) is 26.6 Å². The maximum absolute atomic E-state index is 11.1. The maximum Gasteiger partial charge on any atom is 0.335 e. The van der Waals surface area contributed by atoms with Crippen LogP contribution in [0.15, 0.2) is 78.9 Å². The number of halogens is 1. The molecule has 0 saturated heterocycles. The molecule has 0 aromatic heterocycles. The summed E-state index contributed by atoms with van der Waals surface area (Å²) < 4.78 is 6.06. The van der Waals surface area contributed by atoms with Gasteiger partial charge in [0.1, 0.15) is 12.4 Å². The number of hydrogen-bond donors (Lipinski definition) is 2. The molecule has 0 heterocycles. The van der Waals surface area contributed by atoms with Crippen LogP contribution >= 0.6 is 11.6 Å². The van der Waals surface area contributed by atoms with E-state index in [0.29, 0.717) is 18.1 Å². The van der Waals surface area contributed by atoms with Crippen LogP contribution in [0.4, 0.5) is 0 Å². The van der Waals surface area contributed by atoms with E-state index in [9.17, 15) is 9.59 Å². The summed E-state index contributed by atoms with van der Waals surface area (Å²) in [6.45, 7) is 0.360. The Morgan fingerprint density at radius 3 is 2.34 bits per heavy atom. The molecule has 182 valence electrons. The van der Waals surface area contributed by atoms with Crippen molar-refractivity contribution in [3.63, 3.8) is 0 Å². The molecule has 3 aromatic rings. The van der Waals surface area contributed by atoms with Gasteiger partial charge < -0.3 is 14.9 Å². The second-order valence-electron chi connectivity index (χ2n) is 8.38. The quantitative estimate of drug-likeness (QED) is 0.248. The molecule has 0 aliphatic heterocycles. The number of rotatable bonds is 13. The highest BCUT2D eigenvalue weighted by molar-refractivity contribution is 6.31. The van der Waals surface area contributed by atoms with Crippen LogP contribution < -0.4 is 4.74 Å². The highest BCUT2D eigenvalue weighted by Gasteiger charge is 2.10. The fourth-order valence-electron chi connectivity index (χ4n) is 3.80. The number of unbranched alkanes of at least 4 members (excludes halogenated alkanes) is 1. The Morgan fingerprint density at radius 1 is 0.914 bits per heavy atom. The minimum Gasteiger partial charge on any atom is -0.488 e. The van der Waals surface area contributed by atoms with Gasteiger partial charge in [-0.05, 0) is 55.0 Å². The van der Waals surface area contributed by atoms with Gasteiger partial charge in [-0.15, -0.1) is 0 Å². The van der Waals surface area contributed by atoms with E-state index < -0.39 is 11.9 Å². The largest absolute Gasteiger partial charge is 0.488 e. The highest BCUT2D eigenvalue weighted by atomic mass is 35.5. The predicted octanol–water partition coefficient (Wildman–Crippen LogP) is 7.13. The van der Waals surface area contributed by atoms with Crippen LogP contribution in [-0.2, 0) is 17.8 Å². The summed E-state index contributed by atoms with van der Waals surface area (Å²) >= 11 is 6.25. The third kappa shape index (κ3) is 8.62. The second kappa shape index (κ2) is 13.4. The number of carbonyl (C=O) groups is 2. The summed E-state index contributed by atoms with van der Waals surface area (Å²) in [5.74, 6) is -0.823. The number of carboxylic acid groups (broad SMARTS) is 2. The van der Waals surface area contributed by atoms with Gasteiger partial charge in [0.25, 0.3) is 0 Å². The molecule has 35 heavy (non-hydrogen) atoms. The number of ether oxygens (including phenoxy) is 1. The maximum atomic E-state index is 11.1. The molecule has 0 fully saturated rings. The Balaban J connectivity index is 1.72. The molecular formula is C29H29ClO5. The van der Waals surface area contributed by atoms with E-state index in [1.807, 2.05) is 66.7 Å². The summed E-state index contributed by atoms with van der Waals surface area (Å²) in [7, 11) is 0. The molecule has 1 unspecified atom stereocenters. The standard InChI is InChI=1S/C29H29ClO5/c30-26-10-4-2-9-25(26)20-35-27-11-5-3-8-23(27)16-13-21(7-1-6-12-28(31)32)19-22-14-17-24(18-15-22)29(33)34/h2-5,8-11,13-18,21H,1,6-7,12,19-20H2,(H,31,32)(H,33,34)/b16-13+. The monoisotopic (exact) mass is 492 g/mol. The van der Waals surface area contributed by atoms with E-state index in [1.54, 1.807) is 12.1 Å². The second-order valence-corrected chi connectivity index (χ2v) is 8.79. The van der Waals surface area contributed by atoms with Crippen molar-refractivity contribution in [1.82, 2.24) is 0 Å². The van der Waals surface area contributed by atoms with Gasteiger partial charge in [0, 0.05) is 22.6 Å². The average Bonchev–Trinajstić information content (AvgIpc) is 2.85. The Labute approximate surface area is 210 Å². The van der Waals surface area contributed by atoms with Crippen molar-refractivity contribution in [3.05, 3.63) is 106 Å². The molecule has 0 aliphatic rings. The third-order valence-electron chi connectivity index (χ3n) is 5.72. The van der Waals surface area contributed by atoms with Gasteiger partial charge in [0.05, 0.1) is 5.56 Å². The molecule has 1 atom stereocenters. The normalized spacial score (nSPS) is 11.9. The number of allylic oxidation sites excluding steroid dienone is 1. The van der Waals surface area contributed by atoms with Gasteiger partial charge >= 0.3 is 11.9 Å². The van der Waals surface area contributed by atoms with Crippen LogP contribution in [0.3, 0.4) is 0 Å². The van der Waals surface area contributed by atoms with Gasteiger partial charge in [-0.2, -0.15) is 0 Å². The van der Waals surface area contributed by atoms with Gasteiger partial charge in [-0.3, -0.25) is 4.79 Å². The minimum absolute atomic E-state index is 0.155. The zero-order valence-corrected chi connectivity index (χ0v) is 20.2. The molecule has 0 radical (unpaired) electrons. The predicted molar refractivity (Wildman–Crippen MR) is 138 cm³/mol. The van der Waals surface area contributed by atoms with Crippen LogP contribution in [-0.4, -0.2) is 22.2 Å². The first-order valence-electron chi connectivity index (χ1n) is 11.6. The smallest absolute Gasteiger partial charge is 0.335 e. The van der Waals surface area contributed by atoms with E-state index in [1.165, 1.54) is 0 Å². The van der Waals surface area contributed by atoms with Gasteiger partial charge in [0.2, 0.25) is 0 Å². The van der Waals surface area contributed by atoms with Crippen LogP contribution in [0, 0.1) is 5.92 Å². The number of hydrogen-bond acceptors (Lipinski definition) is 3. The minimum atomic E-state index is -0.949. The molecule has 2 N–H and O–H groups in total. The van der Waals surface area contributed by atoms with E-state index in [2.05, 4.69) is 6.08 Å². The SMILES string of the molecule is O=C(O)CCCCC(/C=C/c1ccccc1OCc1ccccc1Cl)Cc1ccc(C(=O)O)cc1. The average molecular weight is 493 g/mol. The molecule has 3 aromatic carbocycles. The van der Waals surface area contributed by atoms with Crippen molar-refractivity contribution in [2.75, 3.05) is 0 Å². The molecule has 5 nitrogen and oxygen atoms in total. The lowest BCUT2D eigenvalue weighted by atomic mass is 9.92. The van der Waals surface area contributed by atoms with Crippen LogP contribution in [0.25, 0.3) is 6.08 Å². The summed E-state index contributed by atoms with van der Waals surface area (Å²) in [5.41, 5.74) is 3.14. The summed E-state index contributed by atoms with van der Waals surface area (Å²) in [6.07, 6.45) is 7.29. The van der Waals surface area contributed by atoms with Gasteiger partial charge in [-0.25, -0.2) is 4.79 Å². The zero-order chi connectivity index (χ0) is 25.0. The molecule has 3 rings (SSSR count). The molecule has 0 bridgehead atoms. The molecule has 6 heteroatoms. The first-order valence-corrected chi connectivity index (χ1v) is 12.0. The zero-order valence-electron chi connectivity index (χ0n) is 19.4. The number of carboxylic acids is 2. The summed E-state index contributed by atoms with van der Waals surface area (Å²) in [6, 6.07) is 22.3. The van der Waals surface area contributed by atoms with E-state index in [0.717, 1.165) is 41.7 Å². The van der Waals surface area contributed by atoms with Crippen molar-refractivity contribution in [1.29, 1.82) is 0 Å². The van der Waals surface area contributed by atoms with Crippen molar-refractivity contribution >= 4 is 29.6 Å². The number of benzene rings is 3. The van der Waals surface area contributed by atoms with Crippen LogP contribution in [0.1, 0.15) is 52.7 Å². The molecule has 0 aliphatic carbocycles. The Morgan fingerprint density at radius 2 is 1.63 bits per heavy atom. The fourth-order valence-corrected chi connectivity index (χ4v) is 3.99. The molecule has 0 saturated carbocycles. The lowest BCUT2D eigenvalue weighted by Gasteiger charge is -2.14. The first-order chi connectivity index (χ1) is 16.9. The number of para-hydroxylation sites is 1. The van der Waals surface area contributed by atoms with Crippen LogP contribution in [0.2, 0.25) is 5.02 Å². The first kappa shape index (κ1) is 26.0.